The molecule has 7 nitrogen and oxygen atoms in total. The minimum Gasteiger partial charge on any atom is -0.394 e. The predicted molar refractivity (Wildman–Crippen MR) is 70.0 cm³/mol. The minimum absolute atomic E-state index is 0.204. The number of aliphatic hydroxyl groups is 1. The monoisotopic (exact) mass is 294 g/mol. The zero-order valence-electron chi connectivity index (χ0n) is 11.3. The number of nitrogens with one attached hydrogen (secondary N) is 1. The third-order valence-electron chi connectivity index (χ3n) is 3.16. The summed E-state index contributed by atoms with van der Waals surface area (Å²) in [6.07, 6.45) is 2.47. The Balaban J connectivity index is 2.57. The zero-order chi connectivity index (χ0) is 14.5. The molecule has 1 rings (SSSR count). The molecule has 2 unspecified atom stereocenters. The van der Waals surface area contributed by atoms with Crippen LogP contribution < -0.4 is 5.32 Å². The molecule has 0 radical (unpaired) electrons. The number of hydrogen-bond donors (Lipinski definition) is 2. The van der Waals surface area contributed by atoms with Gasteiger partial charge in [0.25, 0.3) is 0 Å². The molecule has 0 aliphatic carbocycles. The van der Waals surface area contributed by atoms with Crippen LogP contribution in [0.5, 0.6) is 0 Å². The van der Waals surface area contributed by atoms with Gasteiger partial charge in [-0.2, -0.15) is 0 Å². The van der Waals surface area contributed by atoms with Crippen LogP contribution in [0.2, 0.25) is 0 Å². The Bertz CT molecular complexity index is 398. The van der Waals surface area contributed by atoms with E-state index in [0.717, 1.165) is 6.26 Å². The van der Waals surface area contributed by atoms with Gasteiger partial charge in [-0.05, 0) is 12.8 Å². The maximum Gasteiger partial charge on any atom is 0.224 e. The number of carbonyl (C=O) groups is 1. The lowest BCUT2D eigenvalue weighted by molar-refractivity contribution is -0.127. The summed E-state index contributed by atoms with van der Waals surface area (Å²) in [5.74, 6) is -0.598. The topological polar surface area (TPSA) is 95.9 Å². The van der Waals surface area contributed by atoms with E-state index in [1.807, 2.05) is 0 Å². The van der Waals surface area contributed by atoms with Crippen molar-refractivity contribution in [2.45, 2.75) is 18.9 Å². The largest absolute Gasteiger partial charge is 0.394 e. The maximum absolute atomic E-state index is 12.0. The number of hydrogen-bond acceptors (Lipinski definition) is 5. The van der Waals surface area contributed by atoms with Crippen molar-refractivity contribution in [2.75, 3.05) is 39.7 Å². The highest BCUT2D eigenvalue weighted by atomic mass is 32.2. The van der Waals surface area contributed by atoms with Crippen LogP contribution in [0.4, 0.5) is 0 Å². The molecule has 19 heavy (non-hydrogen) atoms. The first-order chi connectivity index (χ1) is 8.88. The number of carbonyl (C=O) groups excluding carboxylic acids is 1. The van der Waals surface area contributed by atoms with E-state index in [0.29, 0.717) is 19.4 Å². The van der Waals surface area contributed by atoms with Gasteiger partial charge in [0, 0.05) is 20.2 Å². The number of ether oxygens (including phenoxy) is 1. The Kier molecular flexibility index (Phi) is 6.18. The molecule has 0 aromatic heterocycles. The molecule has 1 fully saturated rings. The Labute approximate surface area is 114 Å². The quantitative estimate of drug-likeness (QED) is 0.640. The van der Waals surface area contributed by atoms with E-state index in [-0.39, 0.29) is 31.6 Å². The number of aliphatic hydroxyl groups excluding tert-OH is 1. The predicted octanol–water partition coefficient (Wildman–Crippen LogP) is -1.22. The Morgan fingerprint density at radius 1 is 1.58 bits per heavy atom. The van der Waals surface area contributed by atoms with Gasteiger partial charge in [0.05, 0.1) is 31.4 Å². The van der Waals surface area contributed by atoms with E-state index < -0.39 is 16.1 Å². The molecule has 0 bridgehead atoms. The van der Waals surface area contributed by atoms with E-state index in [1.54, 1.807) is 0 Å². The number of nitrogens with zero attached hydrogens (tertiary/aromatic N) is 1. The van der Waals surface area contributed by atoms with Crippen molar-refractivity contribution in [1.29, 1.82) is 0 Å². The van der Waals surface area contributed by atoms with E-state index in [2.05, 4.69) is 5.32 Å². The molecule has 0 saturated carbocycles. The summed E-state index contributed by atoms with van der Waals surface area (Å²) < 4.78 is 29.1. The summed E-state index contributed by atoms with van der Waals surface area (Å²) in [5, 5.41) is 11.8. The van der Waals surface area contributed by atoms with Crippen LogP contribution in [0.1, 0.15) is 12.8 Å². The molecule has 1 aliphatic rings. The van der Waals surface area contributed by atoms with E-state index in [1.165, 1.54) is 11.4 Å². The average Bonchev–Trinajstić information content (AvgIpc) is 2.37. The van der Waals surface area contributed by atoms with Crippen molar-refractivity contribution in [3.8, 4) is 0 Å². The highest BCUT2D eigenvalue weighted by molar-refractivity contribution is 7.88. The standard InChI is InChI=1S/C11H22N2O5S/c1-18-8-10(7-14)12-11(15)9-4-3-5-13(6-9)19(2,16)17/h9-10,14H,3-8H2,1-2H3,(H,12,15). The van der Waals surface area contributed by atoms with Gasteiger partial charge >= 0.3 is 0 Å². The number of piperidine rings is 1. The molecule has 8 heteroatoms. The van der Waals surface area contributed by atoms with Crippen molar-refractivity contribution in [3.63, 3.8) is 0 Å². The molecular weight excluding hydrogens is 272 g/mol. The molecule has 112 valence electrons. The lowest BCUT2D eigenvalue weighted by atomic mass is 9.98. The van der Waals surface area contributed by atoms with Crippen LogP contribution >= 0.6 is 0 Å². The van der Waals surface area contributed by atoms with Crippen LogP contribution in [0.15, 0.2) is 0 Å². The average molecular weight is 294 g/mol. The third-order valence-corrected chi connectivity index (χ3v) is 4.43. The first kappa shape index (κ1) is 16.4. The molecule has 1 saturated heterocycles. The number of rotatable bonds is 6. The minimum atomic E-state index is -3.26. The van der Waals surface area contributed by atoms with Gasteiger partial charge in [0.2, 0.25) is 15.9 Å². The van der Waals surface area contributed by atoms with Gasteiger partial charge in [0.1, 0.15) is 0 Å². The van der Waals surface area contributed by atoms with Crippen molar-refractivity contribution in [2.24, 2.45) is 5.92 Å². The van der Waals surface area contributed by atoms with Gasteiger partial charge in [-0.3, -0.25) is 4.79 Å². The van der Waals surface area contributed by atoms with Crippen molar-refractivity contribution >= 4 is 15.9 Å². The molecule has 0 aromatic carbocycles. The lowest BCUT2D eigenvalue weighted by Crippen LogP contribution is -2.49. The molecule has 1 amide bonds. The van der Waals surface area contributed by atoms with Crippen molar-refractivity contribution < 1.29 is 23.1 Å². The Morgan fingerprint density at radius 3 is 2.79 bits per heavy atom. The SMILES string of the molecule is COCC(CO)NC(=O)C1CCCN(S(C)(=O)=O)C1. The summed E-state index contributed by atoms with van der Waals surface area (Å²) >= 11 is 0. The van der Waals surface area contributed by atoms with Crippen molar-refractivity contribution in [1.82, 2.24) is 9.62 Å². The van der Waals surface area contributed by atoms with Crippen molar-refractivity contribution in [3.05, 3.63) is 0 Å². The normalized spacial score (nSPS) is 23.0. The fourth-order valence-electron chi connectivity index (χ4n) is 2.12. The van der Waals surface area contributed by atoms with Gasteiger partial charge in [-0.15, -0.1) is 0 Å². The van der Waals surface area contributed by atoms with Gasteiger partial charge in [-0.25, -0.2) is 12.7 Å². The van der Waals surface area contributed by atoms with Gasteiger partial charge < -0.3 is 15.2 Å². The van der Waals surface area contributed by atoms with E-state index in [9.17, 15) is 13.2 Å². The number of sulfonamides is 1. The summed E-state index contributed by atoms with van der Waals surface area (Å²) in [5.41, 5.74) is 0. The van der Waals surface area contributed by atoms with E-state index >= 15 is 0 Å². The first-order valence-electron chi connectivity index (χ1n) is 6.23. The Hall–Kier alpha value is -0.700. The number of amides is 1. The van der Waals surface area contributed by atoms with Crippen LogP contribution in [0.3, 0.4) is 0 Å². The highest BCUT2D eigenvalue weighted by Gasteiger charge is 2.30. The Morgan fingerprint density at radius 2 is 2.26 bits per heavy atom. The third kappa shape index (κ3) is 5.06. The van der Waals surface area contributed by atoms with Crippen LogP contribution in [0, 0.1) is 5.92 Å². The fourth-order valence-corrected chi connectivity index (χ4v) is 3.03. The van der Waals surface area contributed by atoms with Gasteiger partial charge in [0.15, 0.2) is 0 Å². The lowest BCUT2D eigenvalue weighted by Gasteiger charge is -2.31. The fraction of sp³-hybridized carbons (Fsp3) is 0.909. The molecule has 1 heterocycles. The smallest absolute Gasteiger partial charge is 0.224 e. The molecule has 1 aliphatic heterocycles. The van der Waals surface area contributed by atoms with Gasteiger partial charge in [-0.1, -0.05) is 0 Å². The first-order valence-corrected chi connectivity index (χ1v) is 8.08. The zero-order valence-corrected chi connectivity index (χ0v) is 12.1. The van der Waals surface area contributed by atoms with Crippen LogP contribution in [-0.2, 0) is 19.6 Å². The molecule has 0 aromatic rings. The summed E-state index contributed by atoms with van der Waals surface area (Å²) in [4.78, 5) is 12.0. The maximum atomic E-state index is 12.0. The van der Waals surface area contributed by atoms with Crippen LogP contribution in [0.25, 0.3) is 0 Å². The second-order valence-electron chi connectivity index (χ2n) is 4.80. The summed E-state index contributed by atoms with van der Waals surface area (Å²) in [6, 6.07) is -0.453. The molecule has 2 atom stereocenters. The molecule has 0 spiro atoms. The second kappa shape index (κ2) is 7.18. The molecular formula is C11H22N2O5S. The second-order valence-corrected chi connectivity index (χ2v) is 6.79. The number of methoxy groups -OCH3 is 1. The van der Waals surface area contributed by atoms with Crippen LogP contribution in [-0.4, -0.2) is 69.4 Å². The summed E-state index contributed by atoms with van der Waals surface area (Å²) in [6.45, 7) is 0.687. The highest BCUT2D eigenvalue weighted by Crippen LogP contribution is 2.18. The van der Waals surface area contributed by atoms with E-state index in [4.69, 9.17) is 9.84 Å². The summed E-state index contributed by atoms with van der Waals surface area (Å²) in [7, 11) is -1.77. The molecule has 2 N–H and O–H groups in total.